The van der Waals surface area contributed by atoms with E-state index in [-0.39, 0.29) is 11.5 Å². The summed E-state index contributed by atoms with van der Waals surface area (Å²) >= 11 is 6.86. The minimum atomic E-state index is -0.969. The van der Waals surface area contributed by atoms with Gasteiger partial charge in [0.25, 0.3) is 5.91 Å². The Bertz CT molecular complexity index is 1810. The number of morpholine rings is 1. The van der Waals surface area contributed by atoms with Gasteiger partial charge in [-0.15, -0.1) is 0 Å². The van der Waals surface area contributed by atoms with Crippen molar-refractivity contribution in [2.75, 3.05) is 46.0 Å². The van der Waals surface area contributed by atoms with Crippen molar-refractivity contribution in [3.8, 4) is 28.1 Å². The summed E-state index contributed by atoms with van der Waals surface area (Å²) in [6.45, 7) is 6.91. The maximum Gasteiger partial charge on any atom is 0.335 e. The molecule has 4 aromatic rings. The van der Waals surface area contributed by atoms with Crippen LogP contribution in [0.4, 0.5) is 0 Å². The Labute approximate surface area is 283 Å². The van der Waals surface area contributed by atoms with Gasteiger partial charge in [0.2, 0.25) is 0 Å². The first-order chi connectivity index (χ1) is 22.8. The van der Waals surface area contributed by atoms with E-state index in [0.29, 0.717) is 28.8 Å². The van der Waals surface area contributed by atoms with Crippen LogP contribution in [-0.2, 0) is 16.0 Å². The van der Waals surface area contributed by atoms with E-state index in [1.54, 1.807) is 35.4 Å². The smallest absolute Gasteiger partial charge is 0.335 e. The number of nitrogens with zero attached hydrogens (tertiary/aromatic N) is 4. The fraction of sp³-hybridized carbons (Fsp3) is 0.250. The van der Waals surface area contributed by atoms with Gasteiger partial charge in [-0.05, 0) is 66.4 Å². The van der Waals surface area contributed by atoms with Crippen LogP contribution >= 0.6 is 24.0 Å². The third-order valence-corrected chi connectivity index (χ3v) is 9.41. The summed E-state index contributed by atoms with van der Waals surface area (Å²) in [6, 6.07) is 22.7. The average molecular weight is 667 g/mol. The van der Waals surface area contributed by atoms with E-state index in [0.717, 1.165) is 77.9 Å². The number of thioether (sulfide) groups is 1. The molecule has 0 atom stereocenters. The number of carbonyl (C=O) groups is 2. The molecule has 47 heavy (non-hydrogen) atoms. The highest BCUT2D eigenvalue weighted by Crippen LogP contribution is 2.36. The first-order valence-corrected chi connectivity index (χ1v) is 16.6. The molecule has 0 aliphatic carbocycles. The van der Waals surface area contributed by atoms with Crippen molar-refractivity contribution in [1.82, 2.24) is 19.8 Å². The number of benzene rings is 3. The van der Waals surface area contributed by atoms with E-state index in [2.05, 4.69) is 27.0 Å². The van der Waals surface area contributed by atoms with Crippen LogP contribution in [0.3, 0.4) is 0 Å². The monoisotopic (exact) mass is 666 g/mol. The quantitative estimate of drug-likeness (QED) is 0.152. The van der Waals surface area contributed by atoms with Crippen LogP contribution < -0.4 is 4.74 Å². The second kappa shape index (κ2) is 15.0. The van der Waals surface area contributed by atoms with E-state index in [1.165, 1.54) is 11.8 Å². The Morgan fingerprint density at radius 3 is 2.49 bits per heavy atom. The molecule has 2 aliphatic heterocycles. The topological polar surface area (TPSA) is 105 Å². The molecular weight excluding hydrogens is 633 g/mol. The molecule has 3 heterocycles. The zero-order chi connectivity index (χ0) is 32.8. The highest BCUT2D eigenvalue weighted by atomic mass is 32.2. The van der Waals surface area contributed by atoms with Crippen molar-refractivity contribution in [3.05, 3.63) is 106 Å². The summed E-state index contributed by atoms with van der Waals surface area (Å²) in [7, 11) is 0. The normalized spacial score (nSPS) is 16.2. The zero-order valence-electron chi connectivity index (χ0n) is 25.9. The Balaban J connectivity index is 1.21. The molecule has 6 rings (SSSR count). The second-order valence-corrected chi connectivity index (χ2v) is 12.9. The van der Waals surface area contributed by atoms with Crippen molar-refractivity contribution >= 4 is 46.3 Å². The van der Waals surface area contributed by atoms with Crippen LogP contribution in [0.5, 0.6) is 5.75 Å². The average Bonchev–Trinajstić information content (AvgIpc) is 3.35. The summed E-state index contributed by atoms with van der Waals surface area (Å²) in [5.74, 6) is 0.375. The molecule has 240 valence electrons. The number of aromatic nitrogens is 2. The van der Waals surface area contributed by atoms with Crippen molar-refractivity contribution in [2.24, 2.45) is 0 Å². The van der Waals surface area contributed by atoms with Crippen LogP contribution in [0.25, 0.3) is 28.5 Å². The number of carboxylic acids is 1. The van der Waals surface area contributed by atoms with Gasteiger partial charge in [0.1, 0.15) is 22.5 Å². The summed E-state index contributed by atoms with van der Waals surface area (Å²) in [4.78, 5) is 37.8. The number of ether oxygens (including phenoxy) is 2. The number of carbonyl (C=O) groups excluding carboxylic acids is 1. The third-order valence-electron chi connectivity index (χ3n) is 8.04. The number of hydrogen-bond acceptors (Lipinski definition) is 9. The number of rotatable bonds is 11. The van der Waals surface area contributed by atoms with Gasteiger partial charge in [-0.2, -0.15) is 0 Å². The fourth-order valence-corrected chi connectivity index (χ4v) is 6.74. The van der Waals surface area contributed by atoms with Crippen molar-refractivity contribution in [1.29, 1.82) is 0 Å². The lowest BCUT2D eigenvalue weighted by atomic mass is 9.99. The third kappa shape index (κ3) is 8.12. The van der Waals surface area contributed by atoms with Crippen LogP contribution in [0, 0.1) is 6.92 Å². The molecule has 1 amide bonds. The SMILES string of the molecule is Cc1nccc(-c2ccc(-c3cc(C=C4SC(=S)N(CCc5ccc(C(=O)O)cc5)C4=O)ccc3OCCN3CCOCC3)cc2)n1. The molecular formula is C36H34N4O5S2. The molecule has 2 aliphatic rings. The molecule has 0 radical (unpaired) electrons. The van der Waals surface area contributed by atoms with E-state index in [9.17, 15) is 9.59 Å². The standard InChI is InChI=1S/C36H34N4O5S2/c1-24-37-14-12-31(38-24)28-9-7-27(8-10-28)30-22-26(4-11-32(30)45-21-18-39-16-19-44-20-17-39)23-33-34(41)40(36(46)47-33)15-13-25-2-5-29(6-3-25)35(42)43/h2-12,14,22-23H,13,15-21H2,1H3,(H,42,43). The van der Waals surface area contributed by atoms with Gasteiger partial charge in [-0.25, -0.2) is 14.8 Å². The molecule has 3 aromatic carbocycles. The van der Waals surface area contributed by atoms with E-state index < -0.39 is 5.97 Å². The van der Waals surface area contributed by atoms with E-state index >= 15 is 0 Å². The maximum absolute atomic E-state index is 13.4. The summed E-state index contributed by atoms with van der Waals surface area (Å²) in [5, 5.41) is 9.15. The van der Waals surface area contributed by atoms with E-state index in [1.807, 2.05) is 49.4 Å². The van der Waals surface area contributed by atoms with Gasteiger partial charge in [0.15, 0.2) is 0 Å². The Morgan fingerprint density at radius 2 is 1.77 bits per heavy atom. The number of aryl methyl sites for hydroxylation is 1. The highest BCUT2D eigenvalue weighted by Gasteiger charge is 2.31. The number of aromatic carboxylic acids is 1. The highest BCUT2D eigenvalue weighted by molar-refractivity contribution is 8.26. The molecule has 1 aromatic heterocycles. The first-order valence-electron chi connectivity index (χ1n) is 15.4. The molecule has 0 spiro atoms. The summed E-state index contributed by atoms with van der Waals surface area (Å²) in [6.07, 6.45) is 4.20. The minimum absolute atomic E-state index is 0.140. The lowest BCUT2D eigenvalue weighted by Crippen LogP contribution is -2.38. The fourth-order valence-electron chi connectivity index (χ4n) is 5.43. The molecule has 0 bridgehead atoms. The van der Waals surface area contributed by atoms with Gasteiger partial charge >= 0.3 is 5.97 Å². The summed E-state index contributed by atoms with van der Waals surface area (Å²) in [5.41, 5.74) is 5.78. The van der Waals surface area contributed by atoms with Crippen molar-refractivity contribution in [3.63, 3.8) is 0 Å². The lowest BCUT2D eigenvalue weighted by Gasteiger charge is -2.26. The molecule has 1 N–H and O–H groups in total. The van der Waals surface area contributed by atoms with Crippen LogP contribution in [-0.4, -0.2) is 87.1 Å². The van der Waals surface area contributed by atoms with Gasteiger partial charge in [-0.1, -0.05) is 66.4 Å². The zero-order valence-corrected chi connectivity index (χ0v) is 27.6. The van der Waals surface area contributed by atoms with Crippen molar-refractivity contribution < 1.29 is 24.2 Å². The molecule has 9 nitrogen and oxygen atoms in total. The first kappa shape index (κ1) is 32.5. The maximum atomic E-state index is 13.4. The van der Waals surface area contributed by atoms with E-state index in [4.69, 9.17) is 26.8 Å². The van der Waals surface area contributed by atoms with Crippen LogP contribution in [0.2, 0.25) is 0 Å². The second-order valence-electron chi connectivity index (χ2n) is 11.2. The van der Waals surface area contributed by atoms with Gasteiger partial charge < -0.3 is 14.6 Å². The minimum Gasteiger partial charge on any atom is -0.492 e. The number of hydrogen-bond donors (Lipinski definition) is 1. The largest absolute Gasteiger partial charge is 0.492 e. The molecule has 2 saturated heterocycles. The Kier molecular flexibility index (Phi) is 10.4. The van der Waals surface area contributed by atoms with Crippen LogP contribution in [0.1, 0.15) is 27.3 Å². The van der Waals surface area contributed by atoms with Crippen LogP contribution in [0.15, 0.2) is 83.9 Å². The predicted molar refractivity (Wildman–Crippen MR) is 187 cm³/mol. The van der Waals surface area contributed by atoms with Gasteiger partial charge in [0.05, 0.1) is 29.4 Å². The predicted octanol–water partition coefficient (Wildman–Crippen LogP) is 5.97. The molecule has 2 fully saturated rings. The molecule has 11 heteroatoms. The lowest BCUT2D eigenvalue weighted by molar-refractivity contribution is -0.122. The summed E-state index contributed by atoms with van der Waals surface area (Å²) < 4.78 is 12.3. The Hall–Kier alpha value is -4.42. The number of thiocarbonyl (C=S) groups is 1. The molecule has 0 saturated carbocycles. The Morgan fingerprint density at radius 1 is 1.02 bits per heavy atom. The number of carboxylic acid groups (broad SMARTS) is 1. The van der Waals surface area contributed by atoms with Gasteiger partial charge in [0, 0.05) is 43.5 Å². The van der Waals surface area contributed by atoms with Crippen molar-refractivity contribution in [2.45, 2.75) is 13.3 Å². The van der Waals surface area contributed by atoms with Gasteiger partial charge in [-0.3, -0.25) is 14.6 Å². The number of amides is 1. The molecule has 0 unspecified atom stereocenters.